The Morgan fingerprint density at radius 2 is 0.908 bits per heavy atom. The molecular weight excluding hydrogens is 1760 g/mol. The number of nitrogens with zero attached hydrogens (tertiary/aromatic N) is 3. The Morgan fingerprint density at radius 3 is 1.34 bits per heavy atom. The van der Waals surface area contributed by atoms with E-state index >= 15 is 4.79 Å². The van der Waals surface area contributed by atoms with E-state index in [1.165, 1.54) is 18.7 Å². The van der Waals surface area contributed by atoms with Crippen LogP contribution in [-0.2, 0) is 184 Å². The first kappa shape index (κ1) is 112. The van der Waals surface area contributed by atoms with Gasteiger partial charge in [-0.15, -0.1) is 0 Å². The molecule has 1 saturated carbocycles. The highest BCUT2D eigenvalue weighted by Crippen LogP contribution is 2.49. The third kappa shape index (κ3) is 40.6. The lowest BCUT2D eigenvalue weighted by atomic mass is 9.87. The van der Waals surface area contributed by atoms with Gasteiger partial charge in [0.2, 0.25) is 47.1 Å². The van der Waals surface area contributed by atoms with Crippen molar-refractivity contribution in [1.82, 2.24) is 46.8 Å². The fourth-order valence-electron chi connectivity index (χ4n) is 14.6. The number of ether oxygens (including phenoxy) is 18. The molecule has 3 saturated heterocycles. The highest BCUT2D eigenvalue weighted by atomic mass is 31.2. The van der Waals surface area contributed by atoms with Gasteiger partial charge in [0.1, 0.15) is 50.2 Å². The Labute approximate surface area is 761 Å². The molecule has 0 radical (unpaired) electrons. The maximum Gasteiger partial charge on any atom is 0.303 e. The number of nitrogens with one attached hydrogen (secondary N) is 7. The Balaban J connectivity index is 1.40. The van der Waals surface area contributed by atoms with Crippen LogP contribution in [0.15, 0.2) is 24.3 Å². The summed E-state index contributed by atoms with van der Waals surface area (Å²) in [7, 11) is -1.49. The van der Waals surface area contributed by atoms with E-state index in [0.29, 0.717) is 36.8 Å². The smallest absolute Gasteiger partial charge is 0.303 e. The number of carbonyl (C=O) groups is 16. The molecule has 4 fully saturated rings. The van der Waals surface area contributed by atoms with Gasteiger partial charge in [0.15, 0.2) is 49.2 Å². The van der Waals surface area contributed by atoms with Gasteiger partial charge in [0.05, 0.1) is 110 Å². The Kier molecular flexibility index (Phi) is 49.6. The van der Waals surface area contributed by atoms with Gasteiger partial charge in [-0.3, -0.25) is 81.6 Å². The average Bonchev–Trinajstić information content (AvgIpc) is 0.769. The van der Waals surface area contributed by atoms with Gasteiger partial charge in [0, 0.05) is 127 Å². The minimum Gasteiger partial charge on any atom is -0.463 e. The van der Waals surface area contributed by atoms with Crippen molar-refractivity contribution < 1.29 is 171 Å². The summed E-state index contributed by atoms with van der Waals surface area (Å²) in [5.74, 6) is -11.7. The van der Waals surface area contributed by atoms with Crippen LogP contribution >= 0.6 is 8.53 Å². The number of esters is 9. The SMILES string of the molecule is CC(=O)NC1C(OCCOCCNC(=O)CN(CC(=O)NCCOCCOC2(NC(C)=O)COC(COC(C)=O)C(OC(C)=O)C2OC(C)=O)C(Cc2ccc(CNC(=O)C3CCC(OP(OCCC#N)N(C(C)C)C(C)C)CC3)cc2)C(=O)NCCOCCOC2OC(COC(C)=O)C(OC(C)=O)C(OC(C)=O)C2NC(C)=O)OC(COC(C)=O)C(OC(C)=O)C1OC(C)=O. The molecule has 0 bridgehead atoms. The van der Waals surface area contributed by atoms with Crippen molar-refractivity contribution in [2.45, 2.75) is 265 Å². The summed E-state index contributed by atoms with van der Waals surface area (Å²) >= 11 is 0. The van der Waals surface area contributed by atoms with Gasteiger partial charge >= 0.3 is 53.7 Å². The predicted octanol–water partition coefficient (Wildman–Crippen LogP) is -0.215. The number of amides is 7. The lowest BCUT2D eigenvalue weighted by Crippen LogP contribution is -2.72. The quantitative estimate of drug-likeness (QED) is 0.0146. The molecule has 5 rings (SSSR count). The van der Waals surface area contributed by atoms with Crippen LogP contribution in [0.4, 0.5) is 0 Å². The maximum atomic E-state index is 15.0. The predicted molar refractivity (Wildman–Crippen MR) is 451 cm³/mol. The van der Waals surface area contributed by atoms with Gasteiger partial charge < -0.3 is 132 Å². The van der Waals surface area contributed by atoms with Gasteiger partial charge in [0.25, 0.3) is 8.53 Å². The van der Waals surface area contributed by atoms with E-state index < -0.39 is 229 Å². The highest BCUT2D eigenvalue weighted by Gasteiger charge is 2.58. The van der Waals surface area contributed by atoms with Crippen LogP contribution < -0.4 is 37.2 Å². The lowest BCUT2D eigenvalue weighted by molar-refractivity contribution is -0.279. The topological polar surface area (TPSA) is 572 Å². The molecule has 7 N–H and O–H groups in total. The zero-order valence-corrected chi connectivity index (χ0v) is 78.0. The second kappa shape index (κ2) is 58.2. The van der Waals surface area contributed by atoms with Crippen molar-refractivity contribution in [2.24, 2.45) is 5.92 Å². The molecular formula is C84H129N10O36P. The van der Waals surface area contributed by atoms with Gasteiger partial charge in [-0.05, 0) is 70.9 Å². The second-order valence-corrected chi connectivity index (χ2v) is 32.9. The summed E-state index contributed by atoms with van der Waals surface area (Å²) in [6.07, 6.45) is -13.1. The summed E-state index contributed by atoms with van der Waals surface area (Å²) in [6.45, 7) is 16.0. The van der Waals surface area contributed by atoms with Crippen LogP contribution in [0.3, 0.4) is 0 Å². The average molecular weight is 1890 g/mol. The fourth-order valence-corrected chi connectivity index (χ4v) is 16.4. The number of nitriles is 1. The summed E-state index contributed by atoms with van der Waals surface area (Å²) in [6, 6.07) is 5.31. The molecule has 1 aromatic carbocycles. The van der Waals surface area contributed by atoms with Crippen molar-refractivity contribution >= 4 is 104 Å². The minimum atomic E-state index is -2.01. The van der Waals surface area contributed by atoms with Crippen LogP contribution in [-0.4, -0.2) is 339 Å². The molecule has 47 heteroatoms. The number of rotatable bonds is 55. The van der Waals surface area contributed by atoms with Crippen LogP contribution in [0, 0.1) is 17.2 Å². The number of carbonyl (C=O) groups excluding carboxylic acids is 16. The van der Waals surface area contributed by atoms with Crippen LogP contribution in [0.1, 0.15) is 154 Å². The molecule has 1 aliphatic carbocycles. The van der Waals surface area contributed by atoms with Crippen molar-refractivity contribution in [3.05, 3.63) is 35.4 Å². The van der Waals surface area contributed by atoms with Crippen molar-refractivity contribution in [3.63, 3.8) is 0 Å². The van der Waals surface area contributed by atoms with Crippen LogP contribution in [0.5, 0.6) is 0 Å². The molecule has 16 unspecified atom stereocenters. The Hall–Kier alpha value is -9.86. The van der Waals surface area contributed by atoms with E-state index in [0.717, 1.165) is 69.2 Å². The zero-order chi connectivity index (χ0) is 97.0. The van der Waals surface area contributed by atoms with E-state index in [2.05, 4.69) is 75.7 Å². The molecule has 736 valence electrons. The minimum absolute atomic E-state index is 0.100. The van der Waals surface area contributed by atoms with Crippen LogP contribution in [0.2, 0.25) is 0 Å². The number of hydrogen-bond acceptors (Lipinski definition) is 39. The zero-order valence-electron chi connectivity index (χ0n) is 77.1. The monoisotopic (exact) mass is 1880 g/mol. The largest absolute Gasteiger partial charge is 0.463 e. The molecule has 16 atom stereocenters. The Morgan fingerprint density at radius 1 is 0.481 bits per heavy atom. The van der Waals surface area contributed by atoms with Gasteiger partial charge in [-0.1, -0.05) is 24.3 Å². The third-order valence-corrected chi connectivity index (χ3v) is 22.0. The second-order valence-electron chi connectivity index (χ2n) is 31.5. The summed E-state index contributed by atoms with van der Waals surface area (Å²) in [5.41, 5.74) is -0.797. The first-order valence-electron chi connectivity index (χ1n) is 43.1. The number of hydrogen-bond donors (Lipinski definition) is 7. The van der Waals surface area contributed by atoms with E-state index in [1.54, 1.807) is 24.3 Å². The van der Waals surface area contributed by atoms with Gasteiger partial charge in [-0.2, -0.15) is 5.26 Å². The third-order valence-electron chi connectivity index (χ3n) is 19.8. The summed E-state index contributed by atoms with van der Waals surface area (Å²) in [4.78, 5) is 207. The fraction of sp³-hybridized carbons (Fsp3) is 0.726. The van der Waals surface area contributed by atoms with Crippen molar-refractivity contribution in [2.75, 3.05) is 125 Å². The lowest BCUT2D eigenvalue weighted by Gasteiger charge is -2.48. The molecule has 4 aliphatic rings. The summed E-state index contributed by atoms with van der Waals surface area (Å²) < 4.78 is 117. The molecule has 0 spiro atoms. The van der Waals surface area contributed by atoms with E-state index in [9.17, 15) is 77.2 Å². The van der Waals surface area contributed by atoms with Crippen molar-refractivity contribution in [3.8, 4) is 6.07 Å². The molecule has 3 heterocycles. The summed E-state index contributed by atoms with van der Waals surface area (Å²) in [5, 5.41) is 28.4. The normalized spacial score (nSPS) is 23.9. The molecule has 131 heavy (non-hydrogen) atoms. The van der Waals surface area contributed by atoms with Crippen LogP contribution in [0.25, 0.3) is 0 Å². The van der Waals surface area contributed by atoms with E-state index in [-0.39, 0.29) is 135 Å². The Bertz CT molecular complexity index is 3940. The van der Waals surface area contributed by atoms with Gasteiger partial charge in [-0.25, -0.2) is 4.67 Å². The number of benzene rings is 1. The van der Waals surface area contributed by atoms with E-state index in [4.69, 9.17) is 94.3 Å². The molecule has 0 aromatic heterocycles. The molecule has 46 nitrogen and oxygen atoms in total. The maximum absolute atomic E-state index is 15.0. The first-order chi connectivity index (χ1) is 62.1. The standard InChI is InChI=1S/C84H129N10O36P/c1-48(2)94(49(3)4)131(121-30-17-26-85)130-65-24-22-64(23-25-65)80(109)89-41-63-20-18-62(19-21-63)40-66(81(110)88-29-33-112-35-38-115-83-73(91-51(6)96)78(126-60(15)105)75(123-57(12)102)69(129-83)46-118-55(10)100)93(42-70(107)86-27-31-111-34-37-114-82-72(90-50(5)95)77(125-59(14)104)74(122-56(11)101)68(128-82)45-117-54(9)99)43-71(108)87-28-32-113-36-39-120-84(92-52(7)97)47-119-67(44-116-53(8)98)76(124-58(13)103)79(84)127-61(16)106/h18-21,48-49,64-69,72-79,82-83H,17,22-25,27-47H2,1-16H3,(H,86,107)(H,87,108)(H,88,110)(H,89,109)(H,90,95)(H,91,96)(H,92,97). The highest BCUT2D eigenvalue weighted by molar-refractivity contribution is 7.44. The molecule has 3 aliphatic heterocycles. The van der Waals surface area contributed by atoms with E-state index in [1.807, 2.05) is 0 Å². The molecule has 7 amide bonds. The van der Waals surface area contributed by atoms with Crippen molar-refractivity contribution in [1.29, 1.82) is 5.26 Å². The first-order valence-corrected chi connectivity index (χ1v) is 44.2. The molecule has 1 aromatic rings.